The van der Waals surface area contributed by atoms with Gasteiger partial charge in [-0.05, 0) is 36.4 Å². The van der Waals surface area contributed by atoms with Gasteiger partial charge in [0.25, 0.3) is 5.56 Å². The van der Waals surface area contributed by atoms with E-state index in [1.165, 1.54) is 10.4 Å². The van der Waals surface area contributed by atoms with Gasteiger partial charge < -0.3 is 14.5 Å². The number of H-pyrrole nitrogens is 1. The molecule has 1 aliphatic heterocycles. The van der Waals surface area contributed by atoms with Crippen molar-refractivity contribution in [2.45, 2.75) is 25.9 Å². The molecule has 1 atom stereocenters. The van der Waals surface area contributed by atoms with Gasteiger partial charge in [0, 0.05) is 23.5 Å². The maximum atomic E-state index is 12.5. The van der Waals surface area contributed by atoms with Gasteiger partial charge in [-0.2, -0.15) is 0 Å². The zero-order valence-electron chi connectivity index (χ0n) is 15.0. The lowest BCUT2D eigenvalue weighted by atomic mass is 10.0. The number of methoxy groups -OCH3 is 2. The van der Waals surface area contributed by atoms with Crippen LogP contribution in [0.25, 0.3) is 10.9 Å². The Morgan fingerprint density at radius 1 is 1.31 bits per heavy atom. The first-order chi connectivity index (χ1) is 12.6. The zero-order chi connectivity index (χ0) is 18.3. The highest BCUT2D eigenvalue weighted by Crippen LogP contribution is 2.34. The molecule has 1 unspecified atom stereocenters. The first-order valence-corrected chi connectivity index (χ1v) is 9.44. The molecule has 1 aromatic carbocycles. The topological polar surface area (TPSA) is 67.5 Å². The minimum absolute atomic E-state index is 0.160. The lowest BCUT2D eigenvalue weighted by Crippen LogP contribution is -2.33. The second kappa shape index (κ2) is 6.74. The molecule has 26 heavy (non-hydrogen) atoms. The van der Waals surface area contributed by atoms with Gasteiger partial charge in [-0.15, -0.1) is 11.3 Å². The van der Waals surface area contributed by atoms with Gasteiger partial charge in [-0.1, -0.05) is 0 Å². The van der Waals surface area contributed by atoms with Crippen LogP contribution in [0.5, 0.6) is 11.5 Å². The SMILES string of the molecule is COc1cc2nc(CN3CCc4sccc4C3C)[nH]c(=O)c2cc1OC. The quantitative estimate of drug-likeness (QED) is 0.763. The van der Waals surface area contributed by atoms with Gasteiger partial charge in [-0.25, -0.2) is 4.98 Å². The second-order valence-electron chi connectivity index (χ2n) is 6.43. The summed E-state index contributed by atoms with van der Waals surface area (Å²) in [5, 5.41) is 2.65. The second-order valence-corrected chi connectivity index (χ2v) is 7.43. The van der Waals surface area contributed by atoms with E-state index in [1.54, 1.807) is 26.4 Å². The maximum Gasteiger partial charge on any atom is 0.258 e. The highest BCUT2D eigenvalue weighted by atomic mass is 32.1. The van der Waals surface area contributed by atoms with Gasteiger partial charge in [0.1, 0.15) is 5.82 Å². The smallest absolute Gasteiger partial charge is 0.258 e. The number of hydrogen-bond acceptors (Lipinski definition) is 6. The van der Waals surface area contributed by atoms with Gasteiger partial charge in [-0.3, -0.25) is 9.69 Å². The molecule has 3 heterocycles. The van der Waals surface area contributed by atoms with E-state index >= 15 is 0 Å². The number of aromatic nitrogens is 2. The van der Waals surface area contributed by atoms with E-state index in [2.05, 4.69) is 33.2 Å². The first kappa shape index (κ1) is 17.1. The van der Waals surface area contributed by atoms with Gasteiger partial charge in [0.15, 0.2) is 11.5 Å². The average Bonchev–Trinajstić information content (AvgIpc) is 3.12. The highest BCUT2D eigenvalue weighted by molar-refractivity contribution is 7.10. The van der Waals surface area contributed by atoms with Crippen LogP contribution in [0.4, 0.5) is 0 Å². The van der Waals surface area contributed by atoms with Crippen LogP contribution in [-0.4, -0.2) is 35.6 Å². The maximum absolute atomic E-state index is 12.5. The van der Waals surface area contributed by atoms with Crippen LogP contribution in [0.1, 0.15) is 29.2 Å². The summed E-state index contributed by atoms with van der Waals surface area (Å²) in [5.41, 5.74) is 1.84. The van der Waals surface area contributed by atoms with Crippen molar-refractivity contribution in [1.82, 2.24) is 14.9 Å². The number of hydrogen-bond donors (Lipinski definition) is 1. The standard InChI is InChI=1S/C19H21N3O3S/c1-11-12-5-7-26-17(12)4-6-22(11)10-18-20-14-9-16(25-3)15(24-2)8-13(14)19(23)21-18/h5,7-9,11H,4,6,10H2,1-3H3,(H,20,21,23). The molecule has 0 saturated carbocycles. The van der Waals surface area contributed by atoms with Gasteiger partial charge in [0.2, 0.25) is 0 Å². The van der Waals surface area contributed by atoms with E-state index in [4.69, 9.17) is 9.47 Å². The Kier molecular flexibility index (Phi) is 4.42. The first-order valence-electron chi connectivity index (χ1n) is 8.56. The van der Waals surface area contributed by atoms with Crippen LogP contribution in [-0.2, 0) is 13.0 Å². The number of nitrogens with one attached hydrogen (secondary N) is 1. The molecule has 0 saturated heterocycles. The molecule has 0 aliphatic carbocycles. The fourth-order valence-corrected chi connectivity index (χ4v) is 4.52. The van der Waals surface area contributed by atoms with Crippen molar-refractivity contribution in [2.24, 2.45) is 0 Å². The molecule has 6 nitrogen and oxygen atoms in total. The number of benzene rings is 1. The summed E-state index contributed by atoms with van der Waals surface area (Å²) in [6.07, 6.45) is 1.04. The Hall–Kier alpha value is -2.38. The number of rotatable bonds is 4. The molecule has 0 bridgehead atoms. The van der Waals surface area contributed by atoms with E-state index < -0.39 is 0 Å². The van der Waals surface area contributed by atoms with Crippen molar-refractivity contribution < 1.29 is 9.47 Å². The number of nitrogens with zero attached hydrogens (tertiary/aromatic N) is 2. The molecule has 3 aromatic rings. The largest absolute Gasteiger partial charge is 0.493 e. The molecule has 7 heteroatoms. The van der Waals surface area contributed by atoms with Crippen molar-refractivity contribution in [1.29, 1.82) is 0 Å². The van der Waals surface area contributed by atoms with Crippen molar-refractivity contribution in [3.8, 4) is 11.5 Å². The summed E-state index contributed by atoms with van der Waals surface area (Å²) < 4.78 is 10.6. The molecule has 0 spiro atoms. The fourth-order valence-electron chi connectivity index (χ4n) is 3.56. The predicted molar refractivity (Wildman–Crippen MR) is 102 cm³/mol. The number of aromatic amines is 1. The summed E-state index contributed by atoms with van der Waals surface area (Å²) in [6.45, 7) is 3.77. The molecule has 1 N–H and O–H groups in total. The molecule has 1 aliphatic rings. The van der Waals surface area contributed by atoms with Crippen LogP contribution < -0.4 is 15.0 Å². The monoisotopic (exact) mass is 371 g/mol. The third kappa shape index (κ3) is 2.87. The molecule has 4 rings (SSSR count). The van der Waals surface area contributed by atoms with Crippen molar-refractivity contribution in [3.63, 3.8) is 0 Å². The third-order valence-corrected chi connectivity index (χ3v) is 6.01. The molecule has 0 fully saturated rings. The summed E-state index contributed by atoms with van der Waals surface area (Å²) in [6, 6.07) is 5.94. The molecular weight excluding hydrogens is 350 g/mol. The zero-order valence-corrected chi connectivity index (χ0v) is 15.9. The van der Waals surface area contributed by atoms with E-state index in [1.807, 2.05) is 11.3 Å². The Labute approximate surface area is 155 Å². The van der Waals surface area contributed by atoms with Crippen molar-refractivity contribution >= 4 is 22.2 Å². The Morgan fingerprint density at radius 3 is 2.85 bits per heavy atom. The van der Waals surface area contributed by atoms with E-state index in [9.17, 15) is 4.79 Å². The molecule has 0 radical (unpaired) electrons. The van der Waals surface area contributed by atoms with E-state index in [-0.39, 0.29) is 5.56 Å². The minimum Gasteiger partial charge on any atom is -0.493 e. The predicted octanol–water partition coefficient (Wildman–Crippen LogP) is 3.12. The van der Waals surface area contributed by atoms with Crippen LogP contribution in [0.3, 0.4) is 0 Å². The Morgan fingerprint density at radius 2 is 2.08 bits per heavy atom. The van der Waals surface area contributed by atoms with E-state index in [0.29, 0.717) is 40.8 Å². The molecule has 136 valence electrons. The van der Waals surface area contributed by atoms with Crippen molar-refractivity contribution in [2.75, 3.05) is 20.8 Å². The normalized spacial score (nSPS) is 17.3. The van der Waals surface area contributed by atoms with Crippen LogP contribution >= 0.6 is 11.3 Å². The van der Waals surface area contributed by atoms with Gasteiger partial charge >= 0.3 is 0 Å². The number of ether oxygens (including phenoxy) is 2. The summed E-state index contributed by atoms with van der Waals surface area (Å²) in [7, 11) is 3.13. The molecule has 2 aromatic heterocycles. The Balaban J connectivity index is 1.68. The summed E-state index contributed by atoms with van der Waals surface area (Å²) >= 11 is 1.82. The van der Waals surface area contributed by atoms with Crippen molar-refractivity contribution in [3.05, 3.63) is 50.2 Å². The van der Waals surface area contributed by atoms with Crippen LogP contribution in [0, 0.1) is 0 Å². The molecular formula is C19H21N3O3S. The lowest BCUT2D eigenvalue weighted by molar-refractivity contribution is 0.186. The van der Waals surface area contributed by atoms with Gasteiger partial charge in [0.05, 0.1) is 31.7 Å². The van der Waals surface area contributed by atoms with E-state index in [0.717, 1.165) is 13.0 Å². The highest BCUT2D eigenvalue weighted by Gasteiger charge is 2.25. The van der Waals surface area contributed by atoms with Crippen LogP contribution in [0.15, 0.2) is 28.4 Å². The summed E-state index contributed by atoms with van der Waals surface area (Å²) in [4.78, 5) is 23.9. The number of fused-ring (bicyclic) bond motifs is 2. The lowest BCUT2D eigenvalue weighted by Gasteiger charge is -2.33. The summed E-state index contributed by atoms with van der Waals surface area (Å²) in [5.74, 6) is 1.76. The Bertz CT molecular complexity index is 1010. The number of thiophene rings is 1. The fraction of sp³-hybridized carbons (Fsp3) is 0.368. The third-order valence-electron chi connectivity index (χ3n) is 5.02. The van der Waals surface area contributed by atoms with Crippen LogP contribution in [0.2, 0.25) is 0 Å². The minimum atomic E-state index is -0.160. The average molecular weight is 371 g/mol. The molecule has 0 amide bonds.